The van der Waals surface area contributed by atoms with Gasteiger partial charge in [-0.1, -0.05) is 47.2 Å². The first-order chi connectivity index (χ1) is 14.9. The number of thioether (sulfide) groups is 1. The highest BCUT2D eigenvalue weighted by Crippen LogP contribution is 2.34. The standard InChI is InChI=1S/C21H19Cl2NO5S2/c1-2-28-19(25)7-9-27-10-8-24-20(26)18(31-21(24)30)12-14-4-6-17(29-14)13-3-5-15(22)16(23)11-13/h3-6,11-12H,2,7-10H2,1H3/b18-12+. The van der Waals surface area contributed by atoms with Crippen LogP contribution in [-0.4, -0.2) is 47.5 Å². The molecule has 0 aliphatic carbocycles. The molecule has 164 valence electrons. The van der Waals surface area contributed by atoms with Gasteiger partial charge in [0.1, 0.15) is 15.8 Å². The molecule has 0 unspecified atom stereocenters. The third-order valence-electron chi connectivity index (χ3n) is 4.19. The van der Waals surface area contributed by atoms with Crippen molar-refractivity contribution in [1.82, 2.24) is 4.90 Å². The van der Waals surface area contributed by atoms with Crippen molar-refractivity contribution in [2.75, 3.05) is 26.4 Å². The quantitative estimate of drug-likeness (QED) is 0.197. The summed E-state index contributed by atoms with van der Waals surface area (Å²) in [5, 5.41) is 0.896. The van der Waals surface area contributed by atoms with Crippen LogP contribution in [0.4, 0.5) is 0 Å². The number of hydrogen-bond donors (Lipinski definition) is 0. The minimum Gasteiger partial charge on any atom is -0.466 e. The van der Waals surface area contributed by atoms with Crippen LogP contribution in [0.1, 0.15) is 19.1 Å². The van der Waals surface area contributed by atoms with Gasteiger partial charge in [0.15, 0.2) is 0 Å². The van der Waals surface area contributed by atoms with E-state index in [-0.39, 0.29) is 31.5 Å². The summed E-state index contributed by atoms with van der Waals surface area (Å²) in [6, 6.07) is 8.78. The van der Waals surface area contributed by atoms with E-state index in [1.807, 2.05) is 0 Å². The zero-order chi connectivity index (χ0) is 22.4. The minimum absolute atomic E-state index is 0.172. The van der Waals surface area contributed by atoms with Crippen LogP contribution in [0.3, 0.4) is 0 Å². The van der Waals surface area contributed by atoms with Gasteiger partial charge in [0.25, 0.3) is 5.91 Å². The van der Waals surface area contributed by atoms with Crippen molar-refractivity contribution in [2.45, 2.75) is 13.3 Å². The molecule has 1 aromatic carbocycles. The van der Waals surface area contributed by atoms with E-state index in [1.165, 1.54) is 16.7 Å². The molecule has 0 saturated carbocycles. The summed E-state index contributed by atoms with van der Waals surface area (Å²) < 4.78 is 16.5. The molecule has 1 fully saturated rings. The summed E-state index contributed by atoms with van der Waals surface area (Å²) in [6.07, 6.45) is 1.83. The number of amides is 1. The third kappa shape index (κ3) is 6.33. The van der Waals surface area contributed by atoms with E-state index in [0.717, 1.165) is 5.56 Å². The average molecular weight is 500 g/mol. The second-order valence-corrected chi connectivity index (χ2v) is 8.82. The van der Waals surface area contributed by atoms with Crippen molar-refractivity contribution in [1.29, 1.82) is 0 Å². The lowest BCUT2D eigenvalue weighted by Crippen LogP contribution is -2.31. The topological polar surface area (TPSA) is 69.0 Å². The van der Waals surface area contributed by atoms with E-state index in [4.69, 9.17) is 49.3 Å². The van der Waals surface area contributed by atoms with E-state index in [2.05, 4.69) is 0 Å². The van der Waals surface area contributed by atoms with Gasteiger partial charge in [-0.3, -0.25) is 14.5 Å². The van der Waals surface area contributed by atoms with E-state index in [0.29, 0.717) is 43.9 Å². The number of hydrogen-bond acceptors (Lipinski definition) is 7. The Morgan fingerprint density at radius 2 is 2.03 bits per heavy atom. The molecule has 3 rings (SSSR count). The molecule has 10 heteroatoms. The van der Waals surface area contributed by atoms with E-state index >= 15 is 0 Å². The Morgan fingerprint density at radius 3 is 2.77 bits per heavy atom. The molecular formula is C21H19Cl2NO5S2. The van der Waals surface area contributed by atoms with E-state index in [9.17, 15) is 9.59 Å². The van der Waals surface area contributed by atoms with Gasteiger partial charge in [-0.05, 0) is 37.3 Å². The monoisotopic (exact) mass is 499 g/mol. The molecule has 1 aromatic heterocycles. The zero-order valence-corrected chi connectivity index (χ0v) is 19.7. The van der Waals surface area contributed by atoms with Gasteiger partial charge >= 0.3 is 5.97 Å². The fourth-order valence-corrected chi connectivity index (χ4v) is 4.29. The van der Waals surface area contributed by atoms with Gasteiger partial charge in [0.05, 0.1) is 47.7 Å². The molecule has 2 aromatic rings. The SMILES string of the molecule is CCOC(=O)CCOCCN1C(=O)/C(=C\c2ccc(-c3ccc(Cl)c(Cl)c3)o2)SC1=S. The van der Waals surface area contributed by atoms with Crippen LogP contribution in [0.5, 0.6) is 0 Å². The predicted octanol–water partition coefficient (Wildman–Crippen LogP) is 5.42. The van der Waals surface area contributed by atoms with Crippen molar-refractivity contribution >= 4 is 69.5 Å². The van der Waals surface area contributed by atoms with Crippen LogP contribution in [0, 0.1) is 0 Å². The lowest BCUT2D eigenvalue weighted by molar-refractivity contribution is -0.144. The van der Waals surface area contributed by atoms with Crippen molar-refractivity contribution in [3.05, 3.63) is 51.0 Å². The molecule has 1 amide bonds. The molecule has 31 heavy (non-hydrogen) atoms. The lowest BCUT2D eigenvalue weighted by Gasteiger charge is -2.14. The summed E-state index contributed by atoms with van der Waals surface area (Å²) in [5.41, 5.74) is 0.779. The lowest BCUT2D eigenvalue weighted by atomic mass is 10.2. The fraction of sp³-hybridized carbons (Fsp3) is 0.286. The third-order valence-corrected chi connectivity index (χ3v) is 6.31. The molecule has 1 aliphatic rings. The number of carbonyl (C=O) groups is 2. The summed E-state index contributed by atoms with van der Waals surface area (Å²) in [4.78, 5) is 25.9. The van der Waals surface area contributed by atoms with Crippen molar-refractivity contribution in [2.24, 2.45) is 0 Å². The first-order valence-electron chi connectivity index (χ1n) is 9.43. The molecule has 0 bridgehead atoms. The number of ether oxygens (including phenoxy) is 2. The van der Waals surface area contributed by atoms with Crippen LogP contribution < -0.4 is 0 Å². The van der Waals surface area contributed by atoms with Crippen LogP contribution in [0.15, 0.2) is 39.7 Å². The smallest absolute Gasteiger partial charge is 0.308 e. The van der Waals surface area contributed by atoms with Gasteiger partial charge in [0.2, 0.25) is 0 Å². The summed E-state index contributed by atoms with van der Waals surface area (Å²) >= 11 is 18.5. The van der Waals surface area contributed by atoms with Gasteiger partial charge < -0.3 is 13.9 Å². The highest BCUT2D eigenvalue weighted by molar-refractivity contribution is 8.26. The number of benzene rings is 1. The summed E-state index contributed by atoms with van der Waals surface area (Å²) in [5.74, 6) is 0.605. The molecule has 6 nitrogen and oxygen atoms in total. The fourth-order valence-electron chi connectivity index (χ4n) is 2.70. The van der Waals surface area contributed by atoms with Crippen LogP contribution >= 0.6 is 47.2 Å². The summed E-state index contributed by atoms with van der Waals surface area (Å²) in [6.45, 7) is 2.89. The molecule has 1 aliphatic heterocycles. The average Bonchev–Trinajstić information content (AvgIpc) is 3.30. The number of rotatable bonds is 9. The van der Waals surface area contributed by atoms with Crippen LogP contribution in [0.25, 0.3) is 17.4 Å². The highest BCUT2D eigenvalue weighted by atomic mass is 35.5. The maximum Gasteiger partial charge on any atom is 0.308 e. The van der Waals surface area contributed by atoms with Gasteiger partial charge in [-0.2, -0.15) is 0 Å². The van der Waals surface area contributed by atoms with Crippen molar-refractivity contribution < 1.29 is 23.5 Å². The van der Waals surface area contributed by atoms with Gasteiger partial charge in [0, 0.05) is 11.6 Å². The minimum atomic E-state index is -0.310. The molecule has 0 spiro atoms. The molecule has 0 atom stereocenters. The largest absolute Gasteiger partial charge is 0.466 e. The number of halogens is 2. The van der Waals surface area contributed by atoms with Crippen molar-refractivity contribution in [3.8, 4) is 11.3 Å². The Labute approximate surface area is 199 Å². The number of esters is 1. The Hall–Kier alpha value is -1.84. The normalized spacial score (nSPS) is 15.2. The molecule has 0 N–H and O–H groups in total. The molecular weight excluding hydrogens is 481 g/mol. The number of carbonyl (C=O) groups excluding carboxylic acids is 2. The number of thiocarbonyl (C=S) groups is 1. The van der Waals surface area contributed by atoms with E-state index < -0.39 is 0 Å². The Morgan fingerprint density at radius 1 is 1.23 bits per heavy atom. The van der Waals surface area contributed by atoms with Crippen LogP contribution in [-0.2, 0) is 19.1 Å². The van der Waals surface area contributed by atoms with Gasteiger partial charge in [-0.15, -0.1) is 0 Å². The van der Waals surface area contributed by atoms with Crippen LogP contribution in [0.2, 0.25) is 10.0 Å². The van der Waals surface area contributed by atoms with Gasteiger partial charge in [-0.25, -0.2) is 0 Å². The Bertz CT molecular complexity index is 1020. The first-order valence-corrected chi connectivity index (χ1v) is 11.4. The maximum absolute atomic E-state index is 12.7. The second kappa shape index (κ2) is 11.2. The number of furan rings is 1. The molecule has 1 saturated heterocycles. The predicted molar refractivity (Wildman–Crippen MR) is 126 cm³/mol. The van der Waals surface area contributed by atoms with E-state index in [1.54, 1.807) is 43.3 Å². The second-order valence-electron chi connectivity index (χ2n) is 6.33. The Balaban J connectivity index is 1.57. The maximum atomic E-state index is 12.7. The first kappa shape index (κ1) is 23.8. The highest BCUT2D eigenvalue weighted by Gasteiger charge is 2.32. The summed E-state index contributed by atoms with van der Waals surface area (Å²) in [7, 11) is 0. The number of nitrogens with zero attached hydrogens (tertiary/aromatic N) is 1. The molecule has 2 heterocycles. The zero-order valence-electron chi connectivity index (χ0n) is 16.6. The van der Waals surface area contributed by atoms with Crippen molar-refractivity contribution in [3.63, 3.8) is 0 Å². The Kier molecular flexibility index (Phi) is 8.57. The molecule has 0 radical (unpaired) electrons.